The Labute approximate surface area is 141 Å². The fourth-order valence-corrected chi connectivity index (χ4v) is 3.13. The van der Waals surface area contributed by atoms with Crippen LogP contribution in [-0.2, 0) is 0 Å². The van der Waals surface area contributed by atoms with E-state index in [-0.39, 0.29) is 5.56 Å². The lowest BCUT2D eigenvalue weighted by Crippen LogP contribution is -2.22. The molecule has 0 saturated carbocycles. The minimum absolute atomic E-state index is 0.170. The summed E-state index contributed by atoms with van der Waals surface area (Å²) < 4.78 is 14.4. The van der Waals surface area contributed by atoms with Gasteiger partial charge in [0.1, 0.15) is 19.5 Å². The predicted molar refractivity (Wildman–Crippen MR) is 89.6 cm³/mol. The van der Waals surface area contributed by atoms with Crippen LogP contribution in [0.25, 0.3) is 22.4 Å². The van der Waals surface area contributed by atoms with Gasteiger partial charge in [-0.05, 0) is 25.1 Å². The molecule has 0 bridgehead atoms. The Morgan fingerprint density at radius 1 is 1.08 bits per heavy atom. The van der Waals surface area contributed by atoms with Gasteiger partial charge in [-0.3, -0.25) is 9.36 Å². The molecule has 4 heterocycles. The number of fused-ring (bicyclic) bond motifs is 4. The molecule has 8 nitrogen and oxygen atoms in total. The van der Waals surface area contributed by atoms with E-state index in [4.69, 9.17) is 9.47 Å². The zero-order valence-electron chi connectivity index (χ0n) is 13.3. The van der Waals surface area contributed by atoms with Gasteiger partial charge in [-0.15, -0.1) is 0 Å². The summed E-state index contributed by atoms with van der Waals surface area (Å²) in [5.41, 5.74) is 2.00. The van der Waals surface area contributed by atoms with Crippen molar-refractivity contribution >= 4 is 16.7 Å². The summed E-state index contributed by atoms with van der Waals surface area (Å²) in [4.78, 5) is 21.3. The van der Waals surface area contributed by atoms with Gasteiger partial charge >= 0.3 is 0 Å². The van der Waals surface area contributed by atoms with E-state index in [1.54, 1.807) is 9.08 Å². The first kappa shape index (κ1) is 14.0. The average molecular weight is 335 g/mol. The second-order valence-electron chi connectivity index (χ2n) is 5.78. The van der Waals surface area contributed by atoms with Crippen LogP contribution in [0.3, 0.4) is 0 Å². The number of rotatable bonds is 1. The monoisotopic (exact) mass is 335 g/mol. The second kappa shape index (κ2) is 5.04. The van der Waals surface area contributed by atoms with Crippen molar-refractivity contribution < 1.29 is 9.47 Å². The van der Waals surface area contributed by atoms with E-state index in [2.05, 4.69) is 15.1 Å². The van der Waals surface area contributed by atoms with Crippen LogP contribution in [-0.4, -0.2) is 37.4 Å². The highest BCUT2D eigenvalue weighted by atomic mass is 16.6. The van der Waals surface area contributed by atoms with Crippen molar-refractivity contribution in [2.75, 3.05) is 13.2 Å². The maximum atomic E-state index is 13.1. The molecule has 0 fully saturated rings. The highest BCUT2D eigenvalue weighted by molar-refractivity contribution is 5.79. The molecule has 3 aromatic heterocycles. The van der Waals surface area contributed by atoms with E-state index in [0.717, 1.165) is 5.69 Å². The highest BCUT2D eigenvalue weighted by Gasteiger charge is 2.16. The molecule has 0 N–H and O–H groups in total. The third kappa shape index (κ3) is 2.00. The number of nitrogens with zero attached hydrogens (tertiary/aromatic N) is 5. The Balaban J connectivity index is 1.79. The molecule has 0 amide bonds. The van der Waals surface area contributed by atoms with Crippen LogP contribution < -0.4 is 15.0 Å². The first-order valence-electron chi connectivity index (χ1n) is 7.83. The molecule has 5 rings (SSSR count). The molecule has 0 aliphatic carbocycles. The van der Waals surface area contributed by atoms with E-state index in [9.17, 15) is 4.79 Å². The number of hydrogen-bond acceptors (Lipinski definition) is 6. The molecule has 0 atom stereocenters. The van der Waals surface area contributed by atoms with Gasteiger partial charge in [0, 0.05) is 18.0 Å². The summed E-state index contributed by atoms with van der Waals surface area (Å²) in [6, 6.07) is 7.38. The summed E-state index contributed by atoms with van der Waals surface area (Å²) in [5.74, 6) is 1.79. The lowest BCUT2D eigenvalue weighted by molar-refractivity contribution is 0.171. The maximum Gasteiger partial charge on any atom is 0.266 e. The van der Waals surface area contributed by atoms with Crippen LogP contribution >= 0.6 is 0 Å². The van der Waals surface area contributed by atoms with Crippen molar-refractivity contribution in [2.24, 2.45) is 0 Å². The van der Waals surface area contributed by atoms with E-state index < -0.39 is 0 Å². The van der Waals surface area contributed by atoms with Crippen LogP contribution in [0.2, 0.25) is 0 Å². The van der Waals surface area contributed by atoms with Crippen molar-refractivity contribution in [1.29, 1.82) is 0 Å². The Morgan fingerprint density at radius 3 is 2.80 bits per heavy atom. The zero-order valence-corrected chi connectivity index (χ0v) is 13.3. The zero-order chi connectivity index (χ0) is 17.0. The lowest BCUT2D eigenvalue weighted by Gasteiger charge is -2.20. The Morgan fingerprint density at radius 2 is 1.92 bits per heavy atom. The van der Waals surface area contributed by atoms with Gasteiger partial charge in [-0.1, -0.05) is 0 Å². The molecule has 0 spiro atoms. The van der Waals surface area contributed by atoms with Crippen LogP contribution in [0.15, 0.2) is 41.6 Å². The number of pyridine rings is 1. The topological polar surface area (TPSA) is 83.5 Å². The standard InChI is InChI=1S/C17H13N5O3/c1-10-6-13-12(8-18-17-19-9-20-22(13)17)16(23)21(10)11-2-3-14-15(7-11)25-5-4-24-14/h2-3,6-9H,4-5H2,1H3. The molecule has 1 aliphatic heterocycles. The number of benzene rings is 1. The molecule has 0 radical (unpaired) electrons. The summed E-state index contributed by atoms with van der Waals surface area (Å²) in [6.07, 6.45) is 2.96. The van der Waals surface area contributed by atoms with Crippen molar-refractivity contribution in [3.05, 3.63) is 52.8 Å². The van der Waals surface area contributed by atoms with Crippen molar-refractivity contribution in [2.45, 2.75) is 6.92 Å². The maximum absolute atomic E-state index is 13.1. The van der Waals surface area contributed by atoms with Gasteiger partial charge in [0.2, 0.25) is 0 Å². The van der Waals surface area contributed by atoms with Gasteiger partial charge in [-0.2, -0.15) is 14.6 Å². The first-order valence-corrected chi connectivity index (χ1v) is 7.83. The summed E-state index contributed by atoms with van der Waals surface area (Å²) in [5, 5.41) is 4.62. The normalized spacial score (nSPS) is 13.5. The van der Waals surface area contributed by atoms with Gasteiger partial charge in [0.25, 0.3) is 11.3 Å². The SMILES string of the molecule is Cc1cc2c(cnc3ncnn32)c(=O)n1-c1ccc2c(c1)OCCO2. The summed E-state index contributed by atoms with van der Waals surface area (Å²) in [6.45, 7) is 2.90. The number of aryl methyl sites for hydroxylation is 1. The number of aromatic nitrogens is 5. The van der Waals surface area contributed by atoms with Crippen LogP contribution in [0.4, 0.5) is 0 Å². The quantitative estimate of drug-likeness (QED) is 0.524. The van der Waals surface area contributed by atoms with Crippen LogP contribution in [0, 0.1) is 6.92 Å². The molecule has 8 heteroatoms. The number of ether oxygens (including phenoxy) is 2. The average Bonchev–Trinajstić information content (AvgIpc) is 3.11. The van der Waals surface area contributed by atoms with Crippen molar-refractivity contribution in [3.8, 4) is 17.2 Å². The largest absolute Gasteiger partial charge is 0.486 e. The van der Waals surface area contributed by atoms with Gasteiger partial charge < -0.3 is 9.47 Å². The summed E-state index contributed by atoms with van der Waals surface area (Å²) >= 11 is 0. The Hall–Kier alpha value is -3.42. The molecular formula is C17H13N5O3. The molecule has 0 unspecified atom stereocenters. The molecule has 25 heavy (non-hydrogen) atoms. The van der Waals surface area contributed by atoms with E-state index in [1.165, 1.54) is 12.5 Å². The molecule has 1 aromatic carbocycles. The molecular weight excluding hydrogens is 322 g/mol. The predicted octanol–water partition coefficient (Wildman–Crippen LogP) is 1.51. The molecule has 1 aliphatic rings. The smallest absolute Gasteiger partial charge is 0.266 e. The third-order valence-electron chi connectivity index (χ3n) is 4.26. The van der Waals surface area contributed by atoms with Crippen molar-refractivity contribution in [1.82, 2.24) is 24.1 Å². The van der Waals surface area contributed by atoms with E-state index in [0.29, 0.717) is 47.1 Å². The molecule has 0 saturated heterocycles. The fourth-order valence-electron chi connectivity index (χ4n) is 3.13. The second-order valence-corrected chi connectivity index (χ2v) is 5.78. The third-order valence-corrected chi connectivity index (χ3v) is 4.26. The minimum atomic E-state index is -0.170. The van der Waals surface area contributed by atoms with Crippen LogP contribution in [0.1, 0.15) is 5.69 Å². The lowest BCUT2D eigenvalue weighted by atomic mass is 10.2. The van der Waals surface area contributed by atoms with Crippen molar-refractivity contribution in [3.63, 3.8) is 0 Å². The fraction of sp³-hybridized carbons (Fsp3) is 0.176. The Kier molecular flexibility index (Phi) is 2.81. The van der Waals surface area contributed by atoms with Crippen LogP contribution in [0.5, 0.6) is 11.5 Å². The minimum Gasteiger partial charge on any atom is -0.486 e. The van der Waals surface area contributed by atoms with Gasteiger partial charge in [0.05, 0.1) is 16.6 Å². The van der Waals surface area contributed by atoms with E-state index in [1.807, 2.05) is 31.2 Å². The number of hydrogen-bond donors (Lipinski definition) is 0. The molecule has 4 aromatic rings. The molecule has 124 valence electrons. The Bertz CT molecular complexity index is 1190. The van der Waals surface area contributed by atoms with Gasteiger partial charge in [0.15, 0.2) is 11.5 Å². The first-order chi connectivity index (χ1) is 12.2. The summed E-state index contributed by atoms with van der Waals surface area (Å²) in [7, 11) is 0. The highest BCUT2D eigenvalue weighted by Crippen LogP contribution is 2.32. The van der Waals surface area contributed by atoms with E-state index >= 15 is 0 Å². The van der Waals surface area contributed by atoms with Gasteiger partial charge in [-0.25, -0.2) is 4.98 Å².